The highest BCUT2D eigenvalue weighted by Crippen LogP contribution is 2.23. The molecule has 4 rings (SSSR count). The number of fused-ring (bicyclic) bond motifs is 1. The average molecular weight is 328 g/mol. The van der Waals surface area contributed by atoms with E-state index in [1.54, 1.807) is 0 Å². The average Bonchev–Trinajstić information content (AvgIpc) is 3.28. The van der Waals surface area contributed by atoms with Gasteiger partial charge in [-0.05, 0) is 47.4 Å². The Morgan fingerprint density at radius 1 is 0.920 bits per heavy atom. The van der Waals surface area contributed by atoms with E-state index in [4.69, 9.17) is 0 Å². The minimum Gasteiger partial charge on any atom is -0.378 e. The fourth-order valence-electron chi connectivity index (χ4n) is 2.85. The van der Waals surface area contributed by atoms with E-state index >= 15 is 0 Å². The Kier molecular flexibility index (Phi) is 3.86. The van der Waals surface area contributed by atoms with E-state index in [0.717, 1.165) is 28.0 Å². The Hall–Kier alpha value is -3.27. The zero-order chi connectivity index (χ0) is 17.2. The smallest absolute Gasteiger partial charge is 0.0927 e. The standard InChI is InChI=1S/C21H20N4/c1-25(2)19-9-4-15(5-10-19)3-8-18-14-21(24-23-18)17-7-6-16-11-12-22-20(16)13-17/h3-14,22H,1-2H3,(H,23,24)/b8-3+. The maximum Gasteiger partial charge on any atom is 0.0927 e. The number of hydrogen-bond acceptors (Lipinski definition) is 2. The molecule has 0 aliphatic rings. The van der Waals surface area contributed by atoms with Gasteiger partial charge in [-0.2, -0.15) is 5.10 Å². The number of nitrogens with one attached hydrogen (secondary N) is 2. The molecule has 0 radical (unpaired) electrons. The second kappa shape index (κ2) is 6.32. The van der Waals surface area contributed by atoms with Crippen molar-refractivity contribution >= 4 is 28.7 Å². The zero-order valence-electron chi connectivity index (χ0n) is 14.3. The molecule has 2 aromatic heterocycles. The number of nitrogens with zero attached hydrogens (tertiary/aromatic N) is 2. The Labute approximate surface area is 146 Å². The van der Waals surface area contributed by atoms with Crippen molar-refractivity contribution in [3.8, 4) is 11.3 Å². The second-order valence-corrected chi connectivity index (χ2v) is 6.31. The van der Waals surface area contributed by atoms with E-state index in [0.29, 0.717) is 0 Å². The summed E-state index contributed by atoms with van der Waals surface area (Å²) in [6, 6.07) is 18.9. The lowest BCUT2D eigenvalue weighted by Crippen LogP contribution is -2.07. The predicted molar refractivity (Wildman–Crippen MR) is 106 cm³/mol. The monoisotopic (exact) mass is 328 g/mol. The summed E-state index contributed by atoms with van der Waals surface area (Å²) in [5.41, 5.74) is 6.51. The van der Waals surface area contributed by atoms with Crippen LogP contribution in [0.4, 0.5) is 5.69 Å². The van der Waals surface area contributed by atoms with Crippen LogP contribution in [0.3, 0.4) is 0 Å². The van der Waals surface area contributed by atoms with Gasteiger partial charge in [0.2, 0.25) is 0 Å². The van der Waals surface area contributed by atoms with Crippen molar-refractivity contribution in [1.29, 1.82) is 0 Å². The van der Waals surface area contributed by atoms with Crippen LogP contribution in [0.5, 0.6) is 0 Å². The highest BCUT2D eigenvalue weighted by atomic mass is 15.1. The molecule has 0 amide bonds. The third kappa shape index (κ3) is 3.19. The Morgan fingerprint density at radius 2 is 1.76 bits per heavy atom. The maximum atomic E-state index is 4.43. The summed E-state index contributed by atoms with van der Waals surface area (Å²) in [6.45, 7) is 0. The molecule has 4 nitrogen and oxygen atoms in total. The van der Waals surface area contributed by atoms with Gasteiger partial charge < -0.3 is 9.88 Å². The molecule has 4 aromatic rings. The highest BCUT2D eigenvalue weighted by molar-refractivity contribution is 5.84. The fraction of sp³-hybridized carbons (Fsp3) is 0.0952. The van der Waals surface area contributed by atoms with Crippen LogP contribution in [0.25, 0.3) is 34.3 Å². The topological polar surface area (TPSA) is 47.7 Å². The molecular weight excluding hydrogens is 308 g/mol. The molecule has 0 bridgehead atoms. The minimum absolute atomic E-state index is 0.944. The summed E-state index contributed by atoms with van der Waals surface area (Å²) >= 11 is 0. The van der Waals surface area contributed by atoms with Crippen molar-refractivity contribution in [1.82, 2.24) is 15.2 Å². The van der Waals surface area contributed by atoms with E-state index in [1.807, 2.05) is 26.4 Å². The first-order chi connectivity index (χ1) is 12.2. The van der Waals surface area contributed by atoms with Crippen molar-refractivity contribution in [2.24, 2.45) is 0 Å². The summed E-state index contributed by atoms with van der Waals surface area (Å²) < 4.78 is 0. The molecular formula is C21H20N4. The third-order valence-electron chi connectivity index (χ3n) is 4.31. The van der Waals surface area contributed by atoms with E-state index in [1.165, 1.54) is 11.1 Å². The molecule has 4 heteroatoms. The van der Waals surface area contributed by atoms with Crippen LogP contribution in [0.15, 0.2) is 60.8 Å². The van der Waals surface area contributed by atoms with Gasteiger partial charge in [0.25, 0.3) is 0 Å². The van der Waals surface area contributed by atoms with E-state index in [9.17, 15) is 0 Å². The van der Waals surface area contributed by atoms with Gasteiger partial charge >= 0.3 is 0 Å². The first-order valence-corrected chi connectivity index (χ1v) is 8.27. The SMILES string of the molecule is CN(C)c1ccc(/C=C/c2cc(-c3ccc4cc[nH]c4c3)n[nH]2)cc1. The molecule has 2 heterocycles. The Morgan fingerprint density at radius 3 is 2.56 bits per heavy atom. The van der Waals surface area contributed by atoms with E-state index in [-0.39, 0.29) is 0 Å². The van der Waals surface area contributed by atoms with Crippen LogP contribution in [0.1, 0.15) is 11.3 Å². The highest BCUT2D eigenvalue weighted by Gasteiger charge is 2.04. The third-order valence-corrected chi connectivity index (χ3v) is 4.31. The summed E-state index contributed by atoms with van der Waals surface area (Å²) in [4.78, 5) is 5.33. The van der Waals surface area contributed by atoms with Gasteiger partial charge in [-0.3, -0.25) is 5.10 Å². The fourth-order valence-corrected chi connectivity index (χ4v) is 2.85. The zero-order valence-corrected chi connectivity index (χ0v) is 14.3. The van der Waals surface area contributed by atoms with Crippen molar-refractivity contribution < 1.29 is 0 Å². The van der Waals surface area contributed by atoms with Crippen molar-refractivity contribution in [2.75, 3.05) is 19.0 Å². The molecule has 0 saturated heterocycles. The number of anilines is 1. The summed E-state index contributed by atoms with van der Waals surface area (Å²) in [5.74, 6) is 0. The predicted octanol–water partition coefficient (Wildman–Crippen LogP) is 4.79. The number of rotatable bonds is 4. The lowest BCUT2D eigenvalue weighted by atomic mass is 10.1. The molecule has 0 unspecified atom stereocenters. The van der Waals surface area contributed by atoms with Crippen LogP contribution < -0.4 is 4.90 Å². The molecule has 2 N–H and O–H groups in total. The van der Waals surface area contributed by atoms with Gasteiger partial charge in [-0.1, -0.05) is 30.3 Å². The van der Waals surface area contributed by atoms with Gasteiger partial charge in [0, 0.05) is 37.1 Å². The normalized spacial score (nSPS) is 11.4. The first-order valence-electron chi connectivity index (χ1n) is 8.27. The number of aromatic amines is 2. The summed E-state index contributed by atoms with van der Waals surface area (Å²) in [7, 11) is 4.09. The number of H-pyrrole nitrogens is 2. The lowest BCUT2D eigenvalue weighted by Gasteiger charge is -2.11. The van der Waals surface area contributed by atoms with Crippen LogP contribution >= 0.6 is 0 Å². The Bertz CT molecular complexity index is 1020. The minimum atomic E-state index is 0.944. The van der Waals surface area contributed by atoms with Crippen molar-refractivity contribution in [3.63, 3.8) is 0 Å². The number of hydrogen-bond donors (Lipinski definition) is 2. The molecule has 0 atom stereocenters. The molecule has 0 saturated carbocycles. The van der Waals surface area contributed by atoms with Gasteiger partial charge in [-0.15, -0.1) is 0 Å². The van der Waals surface area contributed by atoms with Crippen LogP contribution in [0, 0.1) is 0 Å². The first kappa shape index (κ1) is 15.3. The molecule has 124 valence electrons. The van der Waals surface area contributed by atoms with Crippen LogP contribution in [-0.2, 0) is 0 Å². The van der Waals surface area contributed by atoms with Gasteiger partial charge in [0.15, 0.2) is 0 Å². The van der Waals surface area contributed by atoms with Gasteiger partial charge in [0.05, 0.1) is 11.4 Å². The van der Waals surface area contributed by atoms with Gasteiger partial charge in [-0.25, -0.2) is 0 Å². The lowest BCUT2D eigenvalue weighted by molar-refractivity contribution is 1.08. The summed E-state index contributed by atoms with van der Waals surface area (Å²) in [6.07, 6.45) is 6.09. The quantitative estimate of drug-likeness (QED) is 0.565. The van der Waals surface area contributed by atoms with E-state index in [2.05, 4.69) is 80.8 Å². The molecule has 0 fully saturated rings. The largest absolute Gasteiger partial charge is 0.378 e. The molecule has 0 aliphatic heterocycles. The van der Waals surface area contributed by atoms with E-state index < -0.39 is 0 Å². The summed E-state index contributed by atoms with van der Waals surface area (Å²) in [5, 5.41) is 8.73. The second-order valence-electron chi connectivity index (χ2n) is 6.31. The molecule has 0 aliphatic carbocycles. The van der Waals surface area contributed by atoms with Crippen LogP contribution in [0.2, 0.25) is 0 Å². The molecule has 25 heavy (non-hydrogen) atoms. The molecule has 0 spiro atoms. The maximum absolute atomic E-state index is 4.43. The Balaban J connectivity index is 1.54. The van der Waals surface area contributed by atoms with Crippen molar-refractivity contribution in [2.45, 2.75) is 0 Å². The number of benzene rings is 2. The number of aromatic nitrogens is 3. The van der Waals surface area contributed by atoms with Crippen LogP contribution in [-0.4, -0.2) is 29.3 Å². The van der Waals surface area contributed by atoms with Crippen molar-refractivity contribution in [3.05, 3.63) is 72.1 Å². The molecule has 2 aromatic carbocycles. The van der Waals surface area contributed by atoms with Gasteiger partial charge in [0.1, 0.15) is 0 Å².